The number of aliphatic hydroxyl groups excluding tert-OH is 1. The number of nitrogens with zero attached hydrogens (tertiary/aromatic N) is 2. The van der Waals surface area contributed by atoms with Crippen molar-refractivity contribution in [3.63, 3.8) is 0 Å². The second kappa shape index (κ2) is 18.4. The van der Waals surface area contributed by atoms with Gasteiger partial charge in [-0.1, -0.05) is 151 Å². The van der Waals surface area contributed by atoms with Crippen molar-refractivity contribution in [2.75, 3.05) is 0 Å². The van der Waals surface area contributed by atoms with Crippen molar-refractivity contribution in [2.45, 2.75) is 69.4 Å². The van der Waals surface area contributed by atoms with Crippen LogP contribution >= 0.6 is 23.2 Å². The highest BCUT2D eigenvalue weighted by atomic mass is 35.5. The number of ether oxygens (including phenoxy) is 2. The van der Waals surface area contributed by atoms with E-state index >= 15 is 0 Å². The molecule has 10 nitrogen and oxygen atoms in total. The van der Waals surface area contributed by atoms with Crippen molar-refractivity contribution in [2.24, 2.45) is 5.92 Å². The summed E-state index contributed by atoms with van der Waals surface area (Å²) in [6, 6.07) is 38.1. The molecule has 300 valence electrons. The Morgan fingerprint density at radius 3 is 2.19 bits per heavy atom. The van der Waals surface area contributed by atoms with Crippen LogP contribution in [0.15, 0.2) is 139 Å². The number of hydrogen-bond acceptors (Lipinski definition) is 7. The van der Waals surface area contributed by atoms with E-state index < -0.39 is 28.3 Å². The van der Waals surface area contributed by atoms with Crippen molar-refractivity contribution in [1.82, 2.24) is 19.6 Å². The van der Waals surface area contributed by atoms with Gasteiger partial charge in [0.1, 0.15) is 11.2 Å². The fourth-order valence-corrected chi connectivity index (χ4v) is 8.59. The number of hydrogen-bond donors (Lipinski definition) is 3. The maximum atomic E-state index is 13.8. The van der Waals surface area contributed by atoms with Gasteiger partial charge in [0.2, 0.25) is 15.9 Å². The van der Waals surface area contributed by atoms with Gasteiger partial charge in [0.05, 0.1) is 36.6 Å². The zero-order valence-electron chi connectivity index (χ0n) is 32.0. The van der Waals surface area contributed by atoms with Crippen LogP contribution in [0.5, 0.6) is 0 Å². The lowest BCUT2D eigenvalue weighted by molar-refractivity contribution is -0.276. The first-order valence-corrected chi connectivity index (χ1v) is 21.2. The second-order valence-electron chi connectivity index (χ2n) is 14.5. The third-order valence-corrected chi connectivity index (χ3v) is 12.7. The summed E-state index contributed by atoms with van der Waals surface area (Å²) >= 11 is 12.6. The lowest BCUT2D eigenvalue weighted by atomic mass is 9.90. The van der Waals surface area contributed by atoms with Crippen molar-refractivity contribution >= 4 is 39.1 Å². The molecule has 0 bridgehead atoms. The lowest BCUT2D eigenvalue weighted by Gasteiger charge is -2.41. The van der Waals surface area contributed by atoms with Crippen molar-refractivity contribution < 1.29 is 27.8 Å². The Labute approximate surface area is 348 Å². The molecule has 58 heavy (non-hydrogen) atoms. The number of amides is 1. The van der Waals surface area contributed by atoms with Crippen LogP contribution in [0.25, 0.3) is 11.1 Å². The highest BCUT2D eigenvalue weighted by Gasteiger charge is 2.39. The van der Waals surface area contributed by atoms with E-state index in [1.165, 1.54) is 12.1 Å². The van der Waals surface area contributed by atoms with Crippen LogP contribution in [-0.4, -0.2) is 41.1 Å². The predicted molar refractivity (Wildman–Crippen MR) is 224 cm³/mol. The van der Waals surface area contributed by atoms with Crippen LogP contribution < -0.4 is 10.0 Å². The van der Waals surface area contributed by atoms with Gasteiger partial charge in [0, 0.05) is 18.0 Å². The number of aliphatic hydroxyl groups is 1. The topological polar surface area (TPSA) is 132 Å². The molecule has 5 aromatic carbocycles. The maximum Gasteiger partial charge on any atom is 0.241 e. The first-order chi connectivity index (χ1) is 28.0. The minimum atomic E-state index is -3.99. The summed E-state index contributed by atoms with van der Waals surface area (Å²) in [5, 5.41) is 13.2. The van der Waals surface area contributed by atoms with Crippen molar-refractivity contribution in [3.8, 4) is 11.1 Å². The number of carbonyl (C=O) groups excluding carboxylic acids is 1. The average molecular weight is 840 g/mol. The number of sulfonamides is 1. The Morgan fingerprint density at radius 1 is 0.845 bits per heavy atom. The van der Waals surface area contributed by atoms with Gasteiger partial charge in [-0.3, -0.25) is 4.79 Å². The lowest BCUT2D eigenvalue weighted by Crippen LogP contribution is -2.47. The summed E-state index contributed by atoms with van der Waals surface area (Å²) in [6.07, 6.45) is 0.405. The van der Waals surface area contributed by atoms with Gasteiger partial charge in [-0.15, -0.1) is 0 Å². The largest absolute Gasteiger partial charge is 0.392 e. The monoisotopic (exact) mass is 838 g/mol. The molecule has 5 unspecified atom stereocenters. The molecule has 1 aliphatic rings. The molecule has 5 atom stereocenters. The van der Waals surface area contributed by atoms with Gasteiger partial charge in [-0.05, 0) is 58.9 Å². The predicted octanol–water partition coefficient (Wildman–Crippen LogP) is 8.36. The zero-order valence-corrected chi connectivity index (χ0v) is 34.3. The minimum Gasteiger partial charge on any atom is -0.392 e. The van der Waals surface area contributed by atoms with Crippen LogP contribution in [0.3, 0.4) is 0 Å². The van der Waals surface area contributed by atoms with Crippen LogP contribution in [0.1, 0.15) is 52.7 Å². The molecule has 0 spiro atoms. The van der Waals surface area contributed by atoms with E-state index in [-0.39, 0.29) is 47.7 Å². The van der Waals surface area contributed by atoms with Gasteiger partial charge < -0.3 is 24.5 Å². The summed E-state index contributed by atoms with van der Waals surface area (Å²) < 4.78 is 44.5. The number of nitrogens with one attached hydrogen (secondary N) is 2. The van der Waals surface area contributed by atoms with Crippen molar-refractivity contribution in [3.05, 3.63) is 177 Å². The van der Waals surface area contributed by atoms with E-state index in [0.717, 1.165) is 44.5 Å². The summed E-state index contributed by atoms with van der Waals surface area (Å²) in [5.41, 5.74) is 6.99. The summed E-state index contributed by atoms with van der Waals surface area (Å²) in [5.74, 6) is -0.528. The molecule has 1 aliphatic heterocycles. The van der Waals surface area contributed by atoms with E-state index in [9.17, 15) is 18.3 Å². The smallest absolute Gasteiger partial charge is 0.241 e. The Morgan fingerprint density at radius 2 is 1.52 bits per heavy atom. The Hall–Kier alpha value is -4.85. The first-order valence-electron chi connectivity index (χ1n) is 18.9. The zero-order chi connectivity index (χ0) is 40.8. The number of aromatic nitrogens is 2. The van der Waals surface area contributed by atoms with Gasteiger partial charge in [0.25, 0.3) is 0 Å². The minimum absolute atomic E-state index is 0.0533. The quantitative estimate of drug-likeness (QED) is 0.101. The molecular weight excluding hydrogens is 795 g/mol. The summed E-state index contributed by atoms with van der Waals surface area (Å²) in [4.78, 5) is 18.0. The summed E-state index contributed by atoms with van der Waals surface area (Å²) in [7, 11) is -3.99. The molecule has 1 amide bonds. The standard InChI is InChI=1S/C45H44Cl2N4O6S/c1-29-12-22-37(23-13-29)58(54,55)50-39(24-31-8-4-3-5-9-31)44(53)48-25-36-10-6-7-11-38(36)33-18-20-35(21-19-33)45-56-40(26-51-28-49-42(46)43(51)47)30(2)41(57-45)34-16-14-32(27-52)15-17-34/h3-23,28,30,39-41,45,50,52H,24-27H2,1-2H3,(H,48,53). The van der Waals surface area contributed by atoms with Crippen LogP contribution in [-0.2, 0) is 50.4 Å². The number of rotatable bonds is 14. The second-order valence-corrected chi connectivity index (χ2v) is 16.9. The molecule has 3 N–H and O–H groups in total. The molecule has 1 aromatic heterocycles. The molecule has 6 aromatic rings. The molecule has 2 heterocycles. The molecule has 1 saturated heterocycles. The van der Waals surface area contributed by atoms with Gasteiger partial charge >= 0.3 is 0 Å². The number of benzene rings is 5. The number of imidazole rings is 1. The van der Waals surface area contributed by atoms with Crippen molar-refractivity contribution in [1.29, 1.82) is 0 Å². The molecule has 0 saturated carbocycles. The third-order valence-electron chi connectivity index (χ3n) is 10.4. The number of halogens is 2. The summed E-state index contributed by atoms with van der Waals surface area (Å²) in [6.45, 7) is 4.47. The van der Waals surface area contributed by atoms with Crippen LogP contribution in [0, 0.1) is 12.8 Å². The normalized spacial score (nSPS) is 18.8. The van der Waals surface area contributed by atoms with E-state index in [0.29, 0.717) is 11.7 Å². The number of aryl methyl sites for hydroxylation is 1. The van der Waals surface area contributed by atoms with E-state index in [1.54, 1.807) is 23.0 Å². The third kappa shape index (κ3) is 9.70. The SMILES string of the molecule is Cc1ccc(S(=O)(=O)NC(Cc2ccccc2)C(=O)NCc2ccccc2-c2ccc(C3OC(Cn4cnc(Cl)c4Cl)C(C)C(c4ccc(CO)cc4)O3)cc2)cc1. The van der Waals surface area contributed by atoms with Gasteiger partial charge in [0.15, 0.2) is 11.4 Å². The van der Waals surface area contributed by atoms with Gasteiger partial charge in [-0.25, -0.2) is 13.4 Å². The van der Waals surface area contributed by atoms with E-state index in [2.05, 4.69) is 21.9 Å². The molecule has 1 fully saturated rings. The molecule has 0 radical (unpaired) electrons. The number of carbonyl (C=O) groups is 1. The molecule has 13 heteroatoms. The van der Waals surface area contributed by atoms with Gasteiger partial charge in [-0.2, -0.15) is 4.72 Å². The van der Waals surface area contributed by atoms with Crippen LogP contribution in [0.4, 0.5) is 0 Å². The molecule has 0 aliphatic carbocycles. The van der Waals surface area contributed by atoms with Crippen LogP contribution in [0.2, 0.25) is 10.3 Å². The first kappa shape index (κ1) is 41.3. The van der Waals surface area contributed by atoms with E-state index in [4.69, 9.17) is 32.7 Å². The highest BCUT2D eigenvalue weighted by molar-refractivity contribution is 7.89. The molecule has 7 rings (SSSR count). The Kier molecular flexibility index (Phi) is 13.1. The van der Waals surface area contributed by atoms with E-state index in [1.807, 2.05) is 110 Å². The molecular formula is C45H44Cl2N4O6S. The Bertz CT molecular complexity index is 2430. The Balaban J connectivity index is 1.09. The fourth-order valence-electron chi connectivity index (χ4n) is 7.08. The average Bonchev–Trinajstić information content (AvgIpc) is 3.56. The maximum absolute atomic E-state index is 13.8. The fraction of sp³-hybridized carbons (Fsp3) is 0.244. The highest BCUT2D eigenvalue weighted by Crippen LogP contribution is 2.43.